The van der Waals surface area contributed by atoms with Gasteiger partial charge in [-0.1, -0.05) is 13.8 Å². The molecule has 1 unspecified atom stereocenters. The molecule has 16 heavy (non-hydrogen) atoms. The summed E-state index contributed by atoms with van der Waals surface area (Å²) < 4.78 is 0. The summed E-state index contributed by atoms with van der Waals surface area (Å²) in [7, 11) is 0. The molecule has 2 rings (SSSR count). The van der Waals surface area contributed by atoms with Crippen LogP contribution in [0.3, 0.4) is 0 Å². The fraction of sp³-hybridized carbons (Fsp3) is 0.462. The van der Waals surface area contributed by atoms with Gasteiger partial charge in [-0.05, 0) is 36.5 Å². The zero-order chi connectivity index (χ0) is 11.5. The number of nitrogens with zero attached hydrogens (tertiary/aromatic N) is 1. The van der Waals surface area contributed by atoms with E-state index in [2.05, 4.69) is 29.9 Å². The molecule has 0 radical (unpaired) electrons. The monoisotopic (exact) mass is 217 g/mol. The predicted octanol–water partition coefficient (Wildman–Crippen LogP) is 2.48. The lowest BCUT2D eigenvalue weighted by molar-refractivity contribution is 0.494. The minimum absolute atomic E-state index is 0.235. The molecule has 0 saturated carbocycles. The zero-order valence-electron chi connectivity index (χ0n) is 9.90. The number of rotatable bonds is 4. The van der Waals surface area contributed by atoms with Crippen LogP contribution in [0, 0.1) is 5.92 Å². The number of H-pyrrole nitrogens is 1. The minimum Gasteiger partial charge on any atom is -0.346 e. The summed E-state index contributed by atoms with van der Waals surface area (Å²) in [6.45, 7) is 4.41. The van der Waals surface area contributed by atoms with E-state index in [0.29, 0.717) is 5.92 Å². The van der Waals surface area contributed by atoms with E-state index in [1.165, 1.54) is 10.9 Å². The van der Waals surface area contributed by atoms with Crippen LogP contribution in [0.2, 0.25) is 0 Å². The van der Waals surface area contributed by atoms with Gasteiger partial charge in [0.05, 0.1) is 0 Å². The summed E-state index contributed by atoms with van der Waals surface area (Å²) in [5.74, 6) is 0.651. The topological polar surface area (TPSA) is 54.7 Å². The van der Waals surface area contributed by atoms with Crippen LogP contribution in [0.25, 0.3) is 11.0 Å². The van der Waals surface area contributed by atoms with Crippen LogP contribution in [0.1, 0.15) is 25.8 Å². The standard InChI is InChI=1S/C13H19N3/c1-9(2)6-11(14)7-10-8-16-13-12(10)4-3-5-15-13/h3-5,8-9,11H,6-7,14H2,1-2H3,(H,15,16). The lowest BCUT2D eigenvalue weighted by Crippen LogP contribution is -2.24. The van der Waals surface area contributed by atoms with Gasteiger partial charge in [-0.15, -0.1) is 0 Å². The second-order valence-corrected chi connectivity index (χ2v) is 4.81. The molecule has 0 bridgehead atoms. The molecule has 0 spiro atoms. The van der Waals surface area contributed by atoms with Crippen molar-refractivity contribution in [1.29, 1.82) is 0 Å². The quantitative estimate of drug-likeness (QED) is 0.826. The van der Waals surface area contributed by atoms with Gasteiger partial charge in [0.2, 0.25) is 0 Å². The Morgan fingerprint density at radius 2 is 2.25 bits per heavy atom. The highest BCUT2D eigenvalue weighted by molar-refractivity contribution is 5.79. The van der Waals surface area contributed by atoms with E-state index >= 15 is 0 Å². The van der Waals surface area contributed by atoms with E-state index < -0.39 is 0 Å². The minimum atomic E-state index is 0.235. The maximum Gasteiger partial charge on any atom is 0.137 e. The molecule has 86 valence electrons. The summed E-state index contributed by atoms with van der Waals surface area (Å²) in [5, 5.41) is 1.20. The van der Waals surface area contributed by atoms with E-state index in [-0.39, 0.29) is 6.04 Å². The number of fused-ring (bicyclic) bond motifs is 1. The molecular weight excluding hydrogens is 198 g/mol. The molecule has 1 atom stereocenters. The number of hydrogen-bond donors (Lipinski definition) is 2. The predicted molar refractivity (Wildman–Crippen MR) is 67.2 cm³/mol. The van der Waals surface area contributed by atoms with Crippen molar-refractivity contribution >= 4 is 11.0 Å². The average Bonchev–Trinajstić information content (AvgIpc) is 2.61. The molecule has 0 amide bonds. The van der Waals surface area contributed by atoms with E-state index in [4.69, 9.17) is 5.73 Å². The van der Waals surface area contributed by atoms with Gasteiger partial charge in [0.1, 0.15) is 5.65 Å². The Labute approximate surface area is 96.1 Å². The van der Waals surface area contributed by atoms with Gasteiger partial charge in [0.15, 0.2) is 0 Å². The van der Waals surface area contributed by atoms with Crippen LogP contribution < -0.4 is 5.73 Å². The first-order chi connectivity index (χ1) is 7.66. The second-order valence-electron chi connectivity index (χ2n) is 4.81. The van der Waals surface area contributed by atoms with Crippen molar-refractivity contribution in [1.82, 2.24) is 9.97 Å². The number of aromatic nitrogens is 2. The normalized spacial score (nSPS) is 13.5. The fourth-order valence-corrected chi connectivity index (χ4v) is 2.15. The Balaban J connectivity index is 2.15. The molecule has 0 saturated heterocycles. The van der Waals surface area contributed by atoms with Gasteiger partial charge in [0.25, 0.3) is 0 Å². The van der Waals surface area contributed by atoms with Gasteiger partial charge >= 0.3 is 0 Å². The Morgan fingerprint density at radius 1 is 1.44 bits per heavy atom. The molecule has 0 aliphatic heterocycles. The molecule has 0 fully saturated rings. The van der Waals surface area contributed by atoms with Crippen molar-refractivity contribution in [3.05, 3.63) is 30.1 Å². The number of hydrogen-bond acceptors (Lipinski definition) is 2. The Hall–Kier alpha value is -1.35. The molecular formula is C13H19N3. The molecule has 3 nitrogen and oxygen atoms in total. The Kier molecular flexibility index (Phi) is 3.25. The van der Waals surface area contributed by atoms with E-state index in [9.17, 15) is 0 Å². The Morgan fingerprint density at radius 3 is 3.00 bits per heavy atom. The van der Waals surface area contributed by atoms with Gasteiger partial charge < -0.3 is 10.7 Å². The van der Waals surface area contributed by atoms with Gasteiger partial charge in [-0.3, -0.25) is 0 Å². The third kappa shape index (κ3) is 2.42. The molecule has 3 N–H and O–H groups in total. The largest absolute Gasteiger partial charge is 0.346 e. The molecule has 2 aromatic rings. The maximum absolute atomic E-state index is 6.12. The number of nitrogens with two attached hydrogens (primary N) is 1. The highest BCUT2D eigenvalue weighted by Crippen LogP contribution is 2.18. The van der Waals surface area contributed by atoms with Crippen molar-refractivity contribution in [3.8, 4) is 0 Å². The first-order valence-electron chi connectivity index (χ1n) is 5.83. The summed E-state index contributed by atoms with van der Waals surface area (Å²) in [4.78, 5) is 7.45. The molecule has 0 aromatic carbocycles. The van der Waals surface area contributed by atoms with Crippen molar-refractivity contribution in [2.75, 3.05) is 0 Å². The van der Waals surface area contributed by atoms with Gasteiger partial charge in [-0.25, -0.2) is 4.98 Å². The van der Waals surface area contributed by atoms with Crippen molar-refractivity contribution in [3.63, 3.8) is 0 Å². The first-order valence-corrected chi connectivity index (χ1v) is 5.83. The van der Waals surface area contributed by atoms with Crippen molar-refractivity contribution in [2.45, 2.75) is 32.7 Å². The molecule has 2 aromatic heterocycles. The zero-order valence-corrected chi connectivity index (χ0v) is 9.90. The summed E-state index contributed by atoms with van der Waals surface area (Å²) in [5.41, 5.74) is 8.35. The van der Waals surface area contributed by atoms with Crippen LogP contribution in [0.4, 0.5) is 0 Å². The van der Waals surface area contributed by atoms with E-state index in [1.54, 1.807) is 6.20 Å². The third-order valence-corrected chi connectivity index (χ3v) is 2.79. The first kappa shape index (κ1) is 11.1. The number of aromatic amines is 1. The number of pyridine rings is 1. The summed E-state index contributed by atoms with van der Waals surface area (Å²) in [6.07, 6.45) is 5.81. The number of nitrogens with one attached hydrogen (secondary N) is 1. The fourth-order valence-electron chi connectivity index (χ4n) is 2.15. The van der Waals surface area contributed by atoms with E-state index in [0.717, 1.165) is 18.5 Å². The van der Waals surface area contributed by atoms with Crippen molar-refractivity contribution in [2.24, 2.45) is 11.7 Å². The van der Waals surface area contributed by atoms with Crippen LogP contribution in [-0.4, -0.2) is 16.0 Å². The van der Waals surface area contributed by atoms with E-state index in [1.807, 2.05) is 12.3 Å². The molecule has 0 aliphatic rings. The SMILES string of the molecule is CC(C)CC(N)Cc1c[nH]c2ncccc12. The highest BCUT2D eigenvalue weighted by atomic mass is 14.8. The lowest BCUT2D eigenvalue weighted by Gasteiger charge is -2.13. The third-order valence-electron chi connectivity index (χ3n) is 2.79. The Bertz CT molecular complexity index is 459. The van der Waals surface area contributed by atoms with Crippen LogP contribution in [0.5, 0.6) is 0 Å². The summed E-state index contributed by atoms with van der Waals surface area (Å²) in [6, 6.07) is 4.29. The van der Waals surface area contributed by atoms with Crippen molar-refractivity contribution < 1.29 is 0 Å². The van der Waals surface area contributed by atoms with Crippen LogP contribution in [-0.2, 0) is 6.42 Å². The second kappa shape index (κ2) is 4.66. The summed E-state index contributed by atoms with van der Waals surface area (Å²) >= 11 is 0. The molecule has 0 aliphatic carbocycles. The molecule has 3 heteroatoms. The average molecular weight is 217 g/mol. The van der Waals surface area contributed by atoms with Crippen LogP contribution >= 0.6 is 0 Å². The lowest BCUT2D eigenvalue weighted by atomic mass is 9.98. The smallest absolute Gasteiger partial charge is 0.137 e. The highest BCUT2D eigenvalue weighted by Gasteiger charge is 2.10. The maximum atomic E-state index is 6.12. The van der Waals surface area contributed by atoms with Gasteiger partial charge in [0, 0.05) is 23.8 Å². The van der Waals surface area contributed by atoms with Gasteiger partial charge in [-0.2, -0.15) is 0 Å². The molecule has 2 heterocycles. The van der Waals surface area contributed by atoms with Crippen LogP contribution in [0.15, 0.2) is 24.5 Å².